The lowest BCUT2D eigenvalue weighted by molar-refractivity contribution is -0.139. The molecule has 1 unspecified atom stereocenters. The molecule has 0 aliphatic carbocycles. The maximum absolute atomic E-state index is 11.3. The number of halogens is 4. The molecule has 0 radical (unpaired) electrons. The van der Waals surface area contributed by atoms with Crippen molar-refractivity contribution in [3.63, 3.8) is 0 Å². The number of alkyl halides is 3. The van der Waals surface area contributed by atoms with E-state index in [2.05, 4.69) is 4.74 Å². The second-order valence-corrected chi connectivity index (χ2v) is 7.50. The minimum Gasteiger partial charge on any atom is -0.468 e. The summed E-state index contributed by atoms with van der Waals surface area (Å²) in [5.41, 5.74) is 0.479. The molecule has 0 saturated heterocycles. The van der Waals surface area contributed by atoms with Gasteiger partial charge in [-0.1, -0.05) is 52.5 Å². The molecule has 1 aromatic carbocycles. The number of hydrogen-bond donors (Lipinski definition) is 0. The molecular formula is C11H10Cl4O2S. The van der Waals surface area contributed by atoms with Crippen LogP contribution in [0.2, 0.25) is 5.02 Å². The van der Waals surface area contributed by atoms with Crippen LogP contribution in [0.15, 0.2) is 23.1 Å². The van der Waals surface area contributed by atoms with E-state index in [4.69, 9.17) is 46.4 Å². The van der Waals surface area contributed by atoms with E-state index in [1.807, 2.05) is 0 Å². The van der Waals surface area contributed by atoms with Gasteiger partial charge in [-0.3, -0.25) is 4.79 Å². The first-order valence-electron chi connectivity index (χ1n) is 4.87. The van der Waals surface area contributed by atoms with Crippen molar-refractivity contribution in [1.29, 1.82) is 0 Å². The molecule has 0 bridgehead atoms. The lowest BCUT2D eigenvalue weighted by atomic mass is 10.2. The standard InChI is InChI=1S/C11H10Cl4O2S/c1-6(10(16)17-2)18-9-4-3-7(5-8(9)12)11(13,14)15/h3-6H,1-2H3. The van der Waals surface area contributed by atoms with Gasteiger partial charge < -0.3 is 4.74 Å². The van der Waals surface area contributed by atoms with Gasteiger partial charge in [-0.2, -0.15) is 0 Å². The van der Waals surface area contributed by atoms with Crippen LogP contribution in [0.3, 0.4) is 0 Å². The number of rotatable bonds is 3. The van der Waals surface area contributed by atoms with E-state index in [0.717, 1.165) is 4.90 Å². The summed E-state index contributed by atoms with van der Waals surface area (Å²) >= 11 is 24.6. The average molecular weight is 348 g/mol. The van der Waals surface area contributed by atoms with Gasteiger partial charge in [0.1, 0.15) is 5.25 Å². The number of carbonyl (C=O) groups is 1. The predicted octanol–water partition coefficient (Wildman–Crippen LogP) is 4.82. The maximum atomic E-state index is 11.3. The van der Waals surface area contributed by atoms with Crippen molar-refractivity contribution in [2.45, 2.75) is 20.9 Å². The van der Waals surface area contributed by atoms with Crippen molar-refractivity contribution in [2.75, 3.05) is 7.11 Å². The third kappa shape index (κ3) is 4.39. The van der Waals surface area contributed by atoms with Crippen LogP contribution in [-0.4, -0.2) is 18.3 Å². The quantitative estimate of drug-likeness (QED) is 0.445. The predicted molar refractivity (Wildman–Crippen MR) is 78.0 cm³/mol. The van der Waals surface area contributed by atoms with Gasteiger partial charge in [-0.15, -0.1) is 11.8 Å². The van der Waals surface area contributed by atoms with Crippen molar-refractivity contribution in [3.8, 4) is 0 Å². The van der Waals surface area contributed by atoms with E-state index in [-0.39, 0.29) is 11.2 Å². The van der Waals surface area contributed by atoms with Crippen LogP contribution in [0.5, 0.6) is 0 Å². The molecule has 1 rings (SSSR count). The Morgan fingerprint density at radius 1 is 1.39 bits per heavy atom. The summed E-state index contributed by atoms with van der Waals surface area (Å²) in [6, 6.07) is 4.94. The van der Waals surface area contributed by atoms with E-state index in [1.165, 1.54) is 18.9 Å². The van der Waals surface area contributed by atoms with Gasteiger partial charge in [0.2, 0.25) is 3.79 Å². The number of benzene rings is 1. The molecule has 0 saturated carbocycles. The van der Waals surface area contributed by atoms with Gasteiger partial charge in [0, 0.05) is 10.5 Å². The fourth-order valence-corrected chi connectivity index (χ4v) is 2.74. The van der Waals surface area contributed by atoms with E-state index < -0.39 is 3.79 Å². The highest BCUT2D eigenvalue weighted by molar-refractivity contribution is 8.00. The topological polar surface area (TPSA) is 26.3 Å². The second-order valence-electron chi connectivity index (χ2n) is 3.43. The van der Waals surface area contributed by atoms with Gasteiger partial charge in [-0.05, 0) is 19.1 Å². The highest BCUT2D eigenvalue weighted by atomic mass is 35.6. The highest BCUT2D eigenvalue weighted by Crippen LogP contribution is 2.41. The number of thioether (sulfide) groups is 1. The summed E-state index contributed by atoms with van der Waals surface area (Å²) in [6.45, 7) is 1.73. The van der Waals surface area contributed by atoms with Crippen molar-refractivity contribution in [1.82, 2.24) is 0 Å². The SMILES string of the molecule is COC(=O)C(C)Sc1ccc(C(Cl)(Cl)Cl)cc1Cl. The number of hydrogen-bond acceptors (Lipinski definition) is 3. The first-order valence-corrected chi connectivity index (χ1v) is 7.26. The van der Waals surface area contributed by atoms with Gasteiger partial charge in [-0.25, -0.2) is 0 Å². The second kappa shape index (κ2) is 6.58. The Morgan fingerprint density at radius 3 is 2.44 bits per heavy atom. The Balaban J connectivity index is 2.90. The molecule has 0 N–H and O–H groups in total. The Morgan fingerprint density at radius 2 is 2.00 bits per heavy atom. The summed E-state index contributed by atoms with van der Waals surface area (Å²) in [7, 11) is 1.34. The van der Waals surface area contributed by atoms with E-state index in [9.17, 15) is 4.79 Å². The Hall–Kier alpha value is 0.200. The van der Waals surface area contributed by atoms with Crippen LogP contribution in [-0.2, 0) is 13.3 Å². The summed E-state index contributed by atoms with van der Waals surface area (Å²) in [4.78, 5) is 12.0. The molecule has 7 heteroatoms. The molecule has 0 fully saturated rings. The van der Waals surface area contributed by atoms with Gasteiger partial charge in [0.05, 0.1) is 12.1 Å². The molecule has 0 amide bonds. The van der Waals surface area contributed by atoms with Crippen molar-refractivity contribution in [3.05, 3.63) is 28.8 Å². The summed E-state index contributed by atoms with van der Waals surface area (Å²) in [6.07, 6.45) is 0. The molecule has 18 heavy (non-hydrogen) atoms. The number of esters is 1. The van der Waals surface area contributed by atoms with Crippen LogP contribution >= 0.6 is 58.2 Å². The Bertz CT molecular complexity index is 445. The van der Waals surface area contributed by atoms with Gasteiger partial charge in [0.15, 0.2) is 0 Å². The van der Waals surface area contributed by atoms with E-state index in [0.29, 0.717) is 10.6 Å². The Kier molecular flexibility index (Phi) is 5.94. The van der Waals surface area contributed by atoms with Crippen LogP contribution in [0.1, 0.15) is 12.5 Å². The molecule has 0 spiro atoms. The zero-order valence-electron chi connectivity index (χ0n) is 9.55. The zero-order chi connectivity index (χ0) is 13.9. The molecule has 0 aliphatic rings. The van der Waals surface area contributed by atoms with Crippen molar-refractivity contribution >= 4 is 64.1 Å². The molecule has 1 atom stereocenters. The molecular weight excluding hydrogens is 338 g/mol. The molecule has 1 aromatic rings. The minimum atomic E-state index is -1.51. The monoisotopic (exact) mass is 346 g/mol. The van der Waals surface area contributed by atoms with Crippen molar-refractivity contribution in [2.24, 2.45) is 0 Å². The minimum absolute atomic E-state index is 0.318. The van der Waals surface area contributed by atoms with Crippen LogP contribution < -0.4 is 0 Å². The lowest BCUT2D eigenvalue weighted by Crippen LogP contribution is -2.14. The van der Waals surface area contributed by atoms with Gasteiger partial charge in [0.25, 0.3) is 0 Å². The molecule has 0 heterocycles. The third-order valence-corrected chi connectivity index (χ3v) is 4.33. The summed E-state index contributed by atoms with van der Waals surface area (Å²) in [5, 5.41) is 0.0747. The van der Waals surface area contributed by atoms with E-state index in [1.54, 1.807) is 25.1 Å². The Labute approximate surface area is 130 Å². The molecule has 0 aliphatic heterocycles. The van der Waals surface area contributed by atoms with Crippen LogP contribution in [0.25, 0.3) is 0 Å². The first-order chi connectivity index (χ1) is 8.25. The molecule has 100 valence electrons. The smallest absolute Gasteiger partial charge is 0.318 e. The third-order valence-electron chi connectivity index (χ3n) is 2.10. The fraction of sp³-hybridized carbons (Fsp3) is 0.364. The lowest BCUT2D eigenvalue weighted by Gasteiger charge is -2.14. The number of ether oxygens (including phenoxy) is 1. The van der Waals surface area contributed by atoms with Crippen molar-refractivity contribution < 1.29 is 9.53 Å². The first kappa shape index (κ1) is 16.3. The summed E-state index contributed by atoms with van der Waals surface area (Å²) in [5.74, 6) is -0.318. The van der Waals surface area contributed by atoms with Crippen LogP contribution in [0.4, 0.5) is 0 Å². The van der Waals surface area contributed by atoms with E-state index >= 15 is 0 Å². The largest absolute Gasteiger partial charge is 0.468 e. The highest BCUT2D eigenvalue weighted by Gasteiger charge is 2.24. The molecule has 0 aromatic heterocycles. The van der Waals surface area contributed by atoms with Crippen LogP contribution in [0, 0.1) is 0 Å². The molecule has 2 nitrogen and oxygen atoms in total. The fourth-order valence-electron chi connectivity index (χ4n) is 1.18. The van der Waals surface area contributed by atoms with Gasteiger partial charge >= 0.3 is 5.97 Å². The number of methoxy groups -OCH3 is 1. The normalized spacial score (nSPS) is 13.2. The summed E-state index contributed by atoms with van der Waals surface area (Å²) < 4.78 is 3.12. The zero-order valence-corrected chi connectivity index (χ0v) is 13.4. The number of carbonyl (C=O) groups excluding carboxylic acids is 1. The average Bonchev–Trinajstić information content (AvgIpc) is 2.29. The maximum Gasteiger partial charge on any atom is 0.318 e.